The van der Waals surface area contributed by atoms with E-state index in [1.54, 1.807) is 37.4 Å². The van der Waals surface area contributed by atoms with Crippen LogP contribution in [-0.2, 0) is 28.6 Å². The Morgan fingerprint density at radius 3 is 2.56 bits per heavy atom. The molecule has 1 aliphatic carbocycles. The van der Waals surface area contributed by atoms with Gasteiger partial charge in [0, 0.05) is 24.8 Å². The smallest absolute Gasteiger partial charge is 0.314 e. The van der Waals surface area contributed by atoms with Crippen LogP contribution < -0.4 is 10.9 Å². The molecule has 0 bridgehead atoms. The van der Waals surface area contributed by atoms with E-state index in [1.807, 2.05) is 19.1 Å². The van der Waals surface area contributed by atoms with Crippen molar-refractivity contribution < 1.29 is 14.7 Å². The highest BCUT2D eigenvalue weighted by atomic mass is 16.4. The van der Waals surface area contributed by atoms with Gasteiger partial charge in [-0.3, -0.25) is 14.4 Å². The summed E-state index contributed by atoms with van der Waals surface area (Å²) in [5.74, 6) is -1.96. The van der Waals surface area contributed by atoms with E-state index in [2.05, 4.69) is 5.32 Å². The Balaban J connectivity index is 1.74. The second kappa shape index (κ2) is 6.20. The van der Waals surface area contributed by atoms with Crippen LogP contribution in [-0.4, -0.2) is 21.6 Å². The molecule has 3 rings (SSSR count). The fourth-order valence-electron chi connectivity index (χ4n) is 3.21. The van der Waals surface area contributed by atoms with Gasteiger partial charge < -0.3 is 15.0 Å². The zero-order valence-corrected chi connectivity index (χ0v) is 14.2. The Labute approximate surface area is 145 Å². The lowest BCUT2D eigenvalue weighted by atomic mass is 9.93. The minimum Gasteiger partial charge on any atom is -0.481 e. The van der Waals surface area contributed by atoms with Crippen LogP contribution in [0.5, 0.6) is 0 Å². The summed E-state index contributed by atoms with van der Waals surface area (Å²) in [5.41, 5.74) is 0.611. The average molecular weight is 340 g/mol. The lowest BCUT2D eigenvalue weighted by Crippen LogP contribution is -2.34. The quantitative estimate of drug-likeness (QED) is 0.860. The molecule has 1 fully saturated rings. The first-order valence-electron chi connectivity index (χ1n) is 8.10. The van der Waals surface area contributed by atoms with Crippen LogP contribution in [0.3, 0.4) is 0 Å². The zero-order chi connectivity index (χ0) is 18.2. The van der Waals surface area contributed by atoms with E-state index in [4.69, 9.17) is 0 Å². The molecular weight excluding hydrogens is 320 g/mol. The summed E-state index contributed by atoms with van der Waals surface area (Å²) in [5, 5.41) is 12.4. The van der Waals surface area contributed by atoms with Gasteiger partial charge in [0.1, 0.15) is 5.41 Å². The third-order valence-corrected chi connectivity index (χ3v) is 5.04. The highest BCUT2D eigenvalue weighted by molar-refractivity contribution is 5.97. The summed E-state index contributed by atoms with van der Waals surface area (Å²) < 4.78 is 1.52. The van der Waals surface area contributed by atoms with Crippen molar-refractivity contribution in [3.05, 3.63) is 69.6 Å². The van der Waals surface area contributed by atoms with Crippen molar-refractivity contribution in [3.63, 3.8) is 0 Å². The van der Waals surface area contributed by atoms with E-state index in [0.717, 1.165) is 5.69 Å². The minimum atomic E-state index is -1.16. The minimum absolute atomic E-state index is 0.0901. The van der Waals surface area contributed by atoms with Crippen molar-refractivity contribution in [2.24, 2.45) is 13.0 Å². The number of hydrogen-bond donors (Lipinski definition) is 2. The average Bonchev–Trinajstić information content (AvgIpc) is 3.37. The number of aryl methyl sites for hydroxylation is 1. The van der Waals surface area contributed by atoms with E-state index in [-0.39, 0.29) is 24.4 Å². The second-order valence-electron chi connectivity index (χ2n) is 6.48. The second-order valence-corrected chi connectivity index (χ2v) is 6.48. The molecule has 0 spiro atoms. The molecule has 1 aromatic heterocycles. The van der Waals surface area contributed by atoms with Gasteiger partial charge in [-0.1, -0.05) is 36.4 Å². The summed E-state index contributed by atoms with van der Waals surface area (Å²) in [7, 11) is 1.68. The number of nitrogens with one attached hydrogen (secondary N) is 1. The molecule has 2 N–H and O–H groups in total. The number of aromatic nitrogens is 1. The number of carbonyl (C=O) groups is 2. The van der Waals surface area contributed by atoms with Gasteiger partial charge in [0.15, 0.2) is 0 Å². The highest BCUT2D eigenvalue weighted by Crippen LogP contribution is 2.54. The van der Waals surface area contributed by atoms with Crippen LogP contribution in [0.4, 0.5) is 0 Å². The maximum Gasteiger partial charge on any atom is 0.314 e. The molecule has 0 saturated heterocycles. The predicted molar refractivity (Wildman–Crippen MR) is 92.1 cm³/mol. The molecule has 2 aromatic rings. The third kappa shape index (κ3) is 2.84. The molecule has 130 valence electrons. The van der Waals surface area contributed by atoms with E-state index >= 15 is 0 Å². The number of nitrogens with zero attached hydrogens (tertiary/aromatic N) is 1. The van der Waals surface area contributed by atoms with Crippen molar-refractivity contribution in [1.29, 1.82) is 0 Å². The standard InChI is InChI=1S/C19H20N2O4/c1-12-8-9-13(17(23)21(12)2)11-20-16(22)15-10-19(15,18(24)25)14-6-4-3-5-7-14/h3-9,15H,10-11H2,1-2H3,(H,20,22)(H,24,25)/t15-,19+/m0/s1. The number of aliphatic carboxylic acids is 1. The van der Waals surface area contributed by atoms with Crippen molar-refractivity contribution in [2.45, 2.75) is 25.3 Å². The van der Waals surface area contributed by atoms with Gasteiger partial charge in [-0.25, -0.2) is 0 Å². The SMILES string of the molecule is Cc1ccc(CNC(=O)[C@@H]2C[C@@]2(C(=O)O)c2ccccc2)c(=O)n1C. The van der Waals surface area contributed by atoms with Crippen molar-refractivity contribution in [2.75, 3.05) is 0 Å². The van der Waals surface area contributed by atoms with Gasteiger partial charge in [-0.15, -0.1) is 0 Å². The van der Waals surface area contributed by atoms with Crippen LogP contribution >= 0.6 is 0 Å². The molecule has 1 saturated carbocycles. The van der Waals surface area contributed by atoms with E-state index < -0.39 is 17.3 Å². The molecule has 0 radical (unpaired) electrons. The predicted octanol–water partition coefficient (Wildman–Crippen LogP) is 1.35. The highest BCUT2D eigenvalue weighted by Gasteiger charge is 2.65. The molecule has 6 nitrogen and oxygen atoms in total. The van der Waals surface area contributed by atoms with Gasteiger partial charge in [0.05, 0.1) is 5.92 Å². The zero-order valence-electron chi connectivity index (χ0n) is 14.2. The Hall–Kier alpha value is -2.89. The van der Waals surface area contributed by atoms with Gasteiger partial charge in [0.2, 0.25) is 5.91 Å². The van der Waals surface area contributed by atoms with Gasteiger partial charge >= 0.3 is 5.97 Å². The van der Waals surface area contributed by atoms with Crippen LogP contribution in [0.2, 0.25) is 0 Å². The number of carboxylic acid groups (broad SMARTS) is 1. The molecule has 0 aliphatic heterocycles. The Morgan fingerprint density at radius 1 is 1.24 bits per heavy atom. The maximum absolute atomic E-state index is 12.5. The molecule has 1 amide bonds. The summed E-state index contributed by atoms with van der Waals surface area (Å²) in [6, 6.07) is 12.3. The molecule has 1 aromatic carbocycles. The summed E-state index contributed by atoms with van der Waals surface area (Å²) >= 11 is 0. The van der Waals surface area contributed by atoms with Crippen LogP contribution in [0.1, 0.15) is 23.2 Å². The van der Waals surface area contributed by atoms with Gasteiger partial charge in [-0.2, -0.15) is 0 Å². The molecule has 0 unspecified atom stereocenters. The number of carbonyl (C=O) groups excluding carboxylic acids is 1. The van der Waals surface area contributed by atoms with Crippen molar-refractivity contribution >= 4 is 11.9 Å². The van der Waals surface area contributed by atoms with E-state index in [0.29, 0.717) is 11.1 Å². The summed E-state index contributed by atoms with van der Waals surface area (Å²) in [6.45, 7) is 1.92. The molecule has 1 aliphatic rings. The molecule has 1 heterocycles. The summed E-state index contributed by atoms with van der Waals surface area (Å²) in [6.07, 6.45) is 0.268. The third-order valence-electron chi connectivity index (χ3n) is 5.04. The molecule has 25 heavy (non-hydrogen) atoms. The van der Waals surface area contributed by atoms with Gasteiger partial charge in [0.25, 0.3) is 5.56 Å². The lowest BCUT2D eigenvalue weighted by molar-refractivity contribution is -0.141. The normalized spacial score (nSPS) is 21.6. The number of rotatable bonds is 5. The molecule has 6 heteroatoms. The van der Waals surface area contributed by atoms with E-state index in [1.165, 1.54) is 4.57 Å². The topological polar surface area (TPSA) is 88.4 Å². The van der Waals surface area contributed by atoms with Gasteiger partial charge in [-0.05, 0) is 25.0 Å². The first-order valence-corrected chi connectivity index (χ1v) is 8.10. The fraction of sp³-hybridized carbons (Fsp3) is 0.316. The number of carboxylic acids is 1. The van der Waals surface area contributed by atoms with Crippen LogP contribution in [0.15, 0.2) is 47.3 Å². The van der Waals surface area contributed by atoms with Crippen molar-refractivity contribution in [3.8, 4) is 0 Å². The van der Waals surface area contributed by atoms with E-state index in [9.17, 15) is 19.5 Å². The first kappa shape index (κ1) is 17.0. The van der Waals surface area contributed by atoms with Crippen LogP contribution in [0, 0.1) is 12.8 Å². The first-order chi connectivity index (χ1) is 11.9. The maximum atomic E-state index is 12.5. The fourth-order valence-corrected chi connectivity index (χ4v) is 3.21. The number of hydrogen-bond acceptors (Lipinski definition) is 3. The van der Waals surface area contributed by atoms with Crippen molar-refractivity contribution in [1.82, 2.24) is 9.88 Å². The number of amides is 1. The largest absolute Gasteiger partial charge is 0.481 e. The monoisotopic (exact) mass is 340 g/mol. The number of benzene rings is 1. The van der Waals surface area contributed by atoms with Crippen LogP contribution in [0.25, 0.3) is 0 Å². The molecule has 2 atom stereocenters. The Kier molecular flexibility index (Phi) is 4.20. The number of pyridine rings is 1. The Bertz CT molecular complexity index is 888. The molecular formula is C19H20N2O4. The summed E-state index contributed by atoms with van der Waals surface area (Å²) in [4.78, 5) is 36.4. The lowest BCUT2D eigenvalue weighted by Gasteiger charge is -2.13. The Morgan fingerprint density at radius 2 is 1.92 bits per heavy atom.